The lowest BCUT2D eigenvalue weighted by molar-refractivity contribution is -0.119. The van der Waals surface area contributed by atoms with Gasteiger partial charge in [-0.2, -0.15) is 0 Å². The van der Waals surface area contributed by atoms with Crippen molar-refractivity contribution < 1.29 is 4.79 Å². The molecule has 1 heterocycles. The lowest BCUT2D eigenvalue weighted by atomic mass is 9.96. The van der Waals surface area contributed by atoms with Crippen molar-refractivity contribution in [3.8, 4) is 0 Å². The molecule has 0 radical (unpaired) electrons. The Bertz CT molecular complexity index is 682. The van der Waals surface area contributed by atoms with Gasteiger partial charge in [0, 0.05) is 6.54 Å². The van der Waals surface area contributed by atoms with Gasteiger partial charge in [0.2, 0.25) is 5.91 Å². The van der Waals surface area contributed by atoms with E-state index in [4.69, 9.17) is 0 Å². The molecule has 5 nitrogen and oxygen atoms in total. The number of benzene rings is 1. The maximum Gasteiger partial charge on any atom is 0.230 e. The highest BCUT2D eigenvalue weighted by Crippen LogP contribution is 2.22. The molecule has 0 fully saturated rings. The number of hydrogen-bond acceptors (Lipinski definition) is 4. The van der Waals surface area contributed by atoms with E-state index in [0.29, 0.717) is 18.2 Å². The third kappa shape index (κ3) is 4.71. The zero-order valence-electron chi connectivity index (χ0n) is 14.4. The molecule has 1 N–H and O–H groups in total. The van der Waals surface area contributed by atoms with Crippen LogP contribution in [-0.2, 0) is 11.3 Å². The number of thioether (sulfide) groups is 1. The Morgan fingerprint density at radius 1 is 1.33 bits per heavy atom. The summed E-state index contributed by atoms with van der Waals surface area (Å²) in [6, 6.07) is 10.1. The van der Waals surface area contributed by atoms with Gasteiger partial charge in [-0.25, -0.2) is 0 Å². The molecule has 0 aliphatic heterocycles. The second-order valence-corrected chi connectivity index (χ2v) is 6.86. The topological polar surface area (TPSA) is 59.8 Å². The summed E-state index contributed by atoms with van der Waals surface area (Å²) in [6.07, 6.45) is 1.80. The normalized spacial score (nSPS) is 12.2. The Morgan fingerprint density at radius 2 is 2.04 bits per heavy atom. The number of hydrogen-bond donors (Lipinski definition) is 1. The van der Waals surface area contributed by atoms with Crippen LogP contribution in [0.5, 0.6) is 0 Å². The van der Waals surface area contributed by atoms with Crippen molar-refractivity contribution in [3.05, 3.63) is 54.4 Å². The lowest BCUT2D eigenvalue weighted by Gasteiger charge is -2.22. The summed E-state index contributed by atoms with van der Waals surface area (Å²) in [5.74, 6) is 1.44. The Kier molecular flexibility index (Phi) is 6.61. The Labute approximate surface area is 147 Å². The van der Waals surface area contributed by atoms with Crippen LogP contribution in [0.2, 0.25) is 0 Å². The number of nitrogens with one attached hydrogen (secondary N) is 1. The number of amides is 1. The minimum atomic E-state index is -0.00615. The molecule has 0 aliphatic rings. The van der Waals surface area contributed by atoms with Crippen LogP contribution < -0.4 is 5.32 Å². The minimum absolute atomic E-state index is 0.00615. The number of allylic oxidation sites excluding steroid dienone is 1. The predicted molar refractivity (Wildman–Crippen MR) is 97.8 cm³/mol. The van der Waals surface area contributed by atoms with Crippen molar-refractivity contribution in [3.63, 3.8) is 0 Å². The molecule has 128 valence electrons. The van der Waals surface area contributed by atoms with E-state index in [1.807, 2.05) is 41.8 Å². The lowest BCUT2D eigenvalue weighted by Crippen LogP contribution is -2.33. The van der Waals surface area contributed by atoms with E-state index in [1.54, 1.807) is 6.08 Å². The first-order valence-electron chi connectivity index (χ1n) is 8.00. The Morgan fingerprint density at radius 3 is 2.67 bits per heavy atom. The van der Waals surface area contributed by atoms with Crippen molar-refractivity contribution in [1.29, 1.82) is 0 Å². The third-order valence-electron chi connectivity index (χ3n) is 3.69. The first-order valence-corrected chi connectivity index (χ1v) is 8.99. The van der Waals surface area contributed by atoms with Gasteiger partial charge < -0.3 is 9.88 Å². The molecule has 0 bridgehead atoms. The van der Waals surface area contributed by atoms with E-state index < -0.39 is 0 Å². The monoisotopic (exact) mass is 344 g/mol. The van der Waals surface area contributed by atoms with Gasteiger partial charge in [0.1, 0.15) is 5.82 Å². The average molecular weight is 344 g/mol. The van der Waals surface area contributed by atoms with Gasteiger partial charge in [-0.05, 0) is 18.4 Å². The second kappa shape index (κ2) is 8.68. The van der Waals surface area contributed by atoms with E-state index >= 15 is 0 Å². The summed E-state index contributed by atoms with van der Waals surface area (Å²) >= 11 is 1.39. The number of carbonyl (C=O) groups is 1. The van der Waals surface area contributed by atoms with Crippen LogP contribution in [0.15, 0.2) is 48.1 Å². The second-order valence-electron chi connectivity index (χ2n) is 5.92. The van der Waals surface area contributed by atoms with E-state index in [1.165, 1.54) is 11.8 Å². The van der Waals surface area contributed by atoms with Crippen LogP contribution >= 0.6 is 11.8 Å². The summed E-state index contributed by atoms with van der Waals surface area (Å²) in [4.78, 5) is 12.4. The van der Waals surface area contributed by atoms with Gasteiger partial charge in [0.25, 0.3) is 0 Å². The van der Waals surface area contributed by atoms with Gasteiger partial charge in [-0.1, -0.05) is 62.0 Å². The van der Waals surface area contributed by atoms with Crippen molar-refractivity contribution in [2.24, 2.45) is 5.92 Å². The van der Waals surface area contributed by atoms with Crippen LogP contribution in [0.4, 0.5) is 0 Å². The minimum Gasteiger partial charge on any atom is -0.348 e. The molecule has 0 saturated carbocycles. The fourth-order valence-corrected chi connectivity index (χ4v) is 3.25. The van der Waals surface area contributed by atoms with Gasteiger partial charge >= 0.3 is 0 Å². The fraction of sp³-hybridized carbons (Fsp3) is 0.389. The van der Waals surface area contributed by atoms with Crippen molar-refractivity contribution in [1.82, 2.24) is 20.1 Å². The molecule has 0 aliphatic carbocycles. The van der Waals surface area contributed by atoms with Crippen LogP contribution in [-0.4, -0.2) is 26.4 Å². The molecule has 24 heavy (non-hydrogen) atoms. The van der Waals surface area contributed by atoms with E-state index in [0.717, 1.165) is 16.5 Å². The summed E-state index contributed by atoms with van der Waals surface area (Å²) in [7, 11) is 0. The Hall–Kier alpha value is -2.08. The van der Waals surface area contributed by atoms with E-state index in [2.05, 4.69) is 35.9 Å². The molecule has 1 unspecified atom stereocenters. The molecule has 0 saturated heterocycles. The van der Waals surface area contributed by atoms with Gasteiger partial charge in [0.05, 0.1) is 11.8 Å². The fourth-order valence-electron chi connectivity index (χ4n) is 2.45. The molecule has 2 rings (SSSR count). The SMILES string of the molecule is C=CCn1c(C)nnc1SCC(=O)NC(c1ccccc1)C(C)C. The first-order chi connectivity index (χ1) is 11.5. The molecule has 1 amide bonds. The maximum absolute atomic E-state index is 12.4. The molecule has 6 heteroatoms. The smallest absolute Gasteiger partial charge is 0.230 e. The molecule has 1 aromatic carbocycles. The van der Waals surface area contributed by atoms with E-state index in [9.17, 15) is 4.79 Å². The van der Waals surface area contributed by atoms with Crippen molar-refractivity contribution in [2.75, 3.05) is 5.75 Å². The van der Waals surface area contributed by atoms with Crippen molar-refractivity contribution >= 4 is 17.7 Å². The van der Waals surface area contributed by atoms with Crippen molar-refractivity contribution in [2.45, 2.75) is 38.5 Å². The first kappa shape index (κ1) is 18.3. The highest BCUT2D eigenvalue weighted by atomic mass is 32.2. The maximum atomic E-state index is 12.4. The summed E-state index contributed by atoms with van der Waals surface area (Å²) < 4.78 is 1.95. The zero-order valence-corrected chi connectivity index (χ0v) is 15.2. The summed E-state index contributed by atoms with van der Waals surface area (Å²) in [6.45, 7) is 10.5. The number of carbonyl (C=O) groups excluding carboxylic acids is 1. The number of aromatic nitrogens is 3. The highest BCUT2D eigenvalue weighted by molar-refractivity contribution is 7.99. The molecular weight excluding hydrogens is 320 g/mol. The summed E-state index contributed by atoms with van der Waals surface area (Å²) in [5, 5.41) is 12.1. The van der Waals surface area contributed by atoms with Gasteiger partial charge in [0.15, 0.2) is 5.16 Å². The molecule has 1 aromatic heterocycles. The average Bonchev–Trinajstić information content (AvgIpc) is 2.92. The predicted octanol–water partition coefficient (Wildman–Crippen LogP) is 3.38. The van der Waals surface area contributed by atoms with Crippen LogP contribution in [0, 0.1) is 12.8 Å². The third-order valence-corrected chi connectivity index (χ3v) is 4.65. The Balaban J connectivity index is 1.98. The van der Waals surface area contributed by atoms with E-state index in [-0.39, 0.29) is 11.9 Å². The zero-order chi connectivity index (χ0) is 17.5. The standard InChI is InChI=1S/C18H24N4OS/c1-5-11-22-14(4)20-21-18(22)24-12-16(23)19-17(13(2)3)15-9-7-6-8-10-15/h5-10,13,17H,1,11-12H2,2-4H3,(H,19,23). The van der Waals surface area contributed by atoms with Gasteiger partial charge in [-0.15, -0.1) is 16.8 Å². The quantitative estimate of drug-likeness (QED) is 0.589. The van der Waals surface area contributed by atoms with Crippen LogP contribution in [0.3, 0.4) is 0 Å². The number of aryl methyl sites for hydroxylation is 1. The molecule has 1 atom stereocenters. The molecule has 0 spiro atoms. The highest BCUT2D eigenvalue weighted by Gasteiger charge is 2.19. The van der Waals surface area contributed by atoms with Crippen LogP contribution in [0.1, 0.15) is 31.3 Å². The van der Waals surface area contributed by atoms with Gasteiger partial charge in [-0.3, -0.25) is 4.79 Å². The number of rotatable bonds is 8. The molecule has 2 aromatic rings. The number of nitrogens with zero attached hydrogens (tertiary/aromatic N) is 3. The summed E-state index contributed by atoms with van der Waals surface area (Å²) in [5.41, 5.74) is 1.12. The largest absolute Gasteiger partial charge is 0.348 e. The van der Waals surface area contributed by atoms with Crippen LogP contribution in [0.25, 0.3) is 0 Å². The molecular formula is C18H24N4OS.